The van der Waals surface area contributed by atoms with E-state index >= 15 is 0 Å². The van der Waals surface area contributed by atoms with Gasteiger partial charge < -0.3 is 19.5 Å². The van der Waals surface area contributed by atoms with Crippen molar-refractivity contribution < 1.29 is 9.53 Å². The number of carbonyl (C=O) groups is 1. The molecular formula is C17H22Cl2N4O2. The predicted molar refractivity (Wildman–Crippen MR) is 99.5 cm³/mol. The van der Waals surface area contributed by atoms with Gasteiger partial charge in [-0.3, -0.25) is 4.79 Å². The maximum Gasteiger partial charge on any atom is 0.274 e. The van der Waals surface area contributed by atoms with Gasteiger partial charge in [-0.25, -0.2) is 4.98 Å². The summed E-state index contributed by atoms with van der Waals surface area (Å²) in [7, 11) is 0. The van der Waals surface area contributed by atoms with Gasteiger partial charge in [-0.15, -0.1) is 24.8 Å². The highest BCUT2D eigenvalue weighted by molar-refractivity contribution is 5.93. The highest BCUT2D eigenvalue weighted by Gasteiger charge is 2.28. The molecule has 136 valence electrons. The third kappa shape index (κ3) is 3.98. The number of ether oxygens (including phenoxy) is 1. The van der Waals surface area contributed by atoms with Gasteiger partial charge in [0.2, 0.25) is 0 Å². The molecule has 0 aliphatic carbocycles. The van der Waals surface area contributed by atoms with Crippen molar-refractivity contribution in [2.24, 2.45) is 0 Å². The maximum atomic E-state index is 12.7. The number of carbonyl (C=O) groups excluding carboxylic acids is 1. The fourth-order valence-corrected chi connectivity index (χ4v) is 3.19. The number of nitrogens with zero attached hydrogens (tertiary/aromatic N) is 3. The number of rotatable bonds is 2. The Morgan fingerprint density at radius 1 is 1.16 bits per heavy atom. The molecule has 0 spiro atoms. The number of nitrogens with one attached hydrogen (secondary N) is 1. The Bertz CT molecular complexity index is 702. The average Bonchev–Trinajstić information content (AvgIpc) is 3.05. The first-order valence-corrected chi connectivity index (χ1v) is 8.03. The van der Waals surface area contributed by atoms with Crippen molar-refractivity contribution in [2.75, 3.05) is 26.2 Å². The summed E-state index contributed by atoms with van der Waals surface area (Å²) >= 11 is 0. The molecule has 6 nitrogen and oxygen atoms in total. The molecule has 1 N–H and O–H groups in total. The van der Waals surface area contributed by atoms with Crippen LogP contribution in [0, 0.1) is 0 Å². The van der Waals surface area contributed by atoms with E-state index < -0.39 is 0 Å². The summed E-state index contributed by atoms with van der Waals surface area (Å²) in [5, 5.41) is 3.26. The molecule has 1 saturated heterocycles. The normalized spacial score (nSPS) is 19.4. The van der Waals surface area contributed by atoms with E-state index in [0.29, 0.717) is 18.8 Å². The van der Waals surface area contributed by atoms with Gasteiger partial charge in [0, 0.05) is 26.2 Å². The summed E-state index contributed by atoms with van der Waals surface area (Å²) in [6.45, 7) is 4.27. The Labute approximate surface area is 159 Å². The van der Waals surface area contributed by atoms with Crippen LogP contribution in [0.1, 0.15) is 27.8 Å². The van der Waals surface area contributed by atoms with Crippen LogP contribution in [0.2, 0.25) is 0 Å². The van der Waals surface area contributed by atoms with Crippen LogP contribution < -0.4 is 5.32 Å². The van der Waals surface area contributed by atoms with Crippen LogP contribution in [0.3, 0.4) is 0 Å². The van der Waals surface area contributed by atoms with Crippen LogP contribution in [-0.2, 0) is 17.9 Å². The minimum absolute atomic E-state index is 0. The molecular weight excluding hydrogens is 363 g/mol. The zero-order valence-electron chi connectivity index (χ0n) is 13.8. The van der Waals surface area contributed by atoms with Gasteiger partial charge in [0.05, 0.1) is 25.2 Å². The van der Waals surface area contributed by atoms with E-state index in [0.717, 1.165) is 37.4 Å². The van der Waals surface area contributed by atoms with Crippen molar-refractivity contribution in [3.63, 3.8) is 0 Å². The molecule has 0 radical (unpaired) electrons. The van der Waals surface area contributed by atoms with Gasteiger partial charge in [0.15, 0.2) is 5.69 Å². The zero-order valence-corrected chi connectivity index (χ0v) is 15.4. The smallest absolute Gasteiger partial charge is 0.274 e. The molecule has 1 atom stereocenters. The van der Waals surface area contributed by atoms with E-state index in [1.165, 1.54) is 0 Å². The number of imidazole rings is 1. The second kappa shape index (κ2) is 8.67. The van der Waals surface area contributed by atoms with Crippen molar-refractivity contribution in [3.8, 4) is 0 Å². The third-order valence-electron chi connectivity index (χ3n) is 4.51. The maximum absolute atomic E-state index is 12.7. The molecule has 2 aliphatic heterocycles. The molecule has 4 rings (SSSR count). The monoisotopic (exact) mass is 384 g/mol. The number of amides is 1. The Morgan fingerprint density at radius 2 is 1.88 bits per heavy atom. The highest BCUT2D eigenvalue weighted by Crippen LogP contribution is 2.28. The summed E-state index contributed by atoms with van der Waals surface area (Å²) in [4.78, 5) is 18.9. The number of fused-ring (bicyclic) bond motifs is 1. The first-order chi connectivity index (χ1) is 11.3. The predicted octanol–water partition coefficient (Wildman–Crippen LogP) is 2.04. The van der Waals surface area contributed by atoms with E-state index in [1.807, 2.05) is 23.1 Å². The van der Waals surface area contributed by atoms with E-state index in [9.17, 15) is 4.79 Å². The lowest BCUT2D eigenvalue weighted by Crippen LogP contribution is -2.46. The number of hydrogen-bond donors (Lipinski definition) is 1. The lowest BCUT2D eigenvalue weighted by atomic mass is 10.1. The summed E-state index contributed by atoms with van der Waals surface area (Å²) in [5.74, 6) is 0.0158. The van der Waals surface area contributed by atoms with Gasteiger partial charge in [-0.1, -0.05) is 30.3 Å². The van der Waals surface area contributed by atoms with Crippen LogP contribution in [-0.4, -0.2) is 46.5 Å². The number of halogens is 2. The first kappa shape index (κ1) is 19.7. The topological polar surface area (TPSA) is 59.4 Å². The van der Waals surface area contributed by atoms with Crippen molar-refractivity contribution in [2.45, 2.75) is 19.3 Å². The fraction of sp³-hybridized carbons (Fsp3) is 0.412. The summed E-state index contributed by atoms with van der Waals surface area (Å²) in [6.07, 6.45) is 1.78. The van der Waals surface area contributed by atoms with E-state index in [1.54, 1.807) is 6.33 Å². The van der Waals surface area contributed by atoms with E-state index in [2.05, 4.69) is 27.0 Å². The Balaban J connectivity index is 0.00000113. The van der Waals surface area contributed by atoms with E-state index in [4.69, 9.17) is 4.74 Å². The molecule has 1 unspecified atom stereocenters. The fourth-order valence-electron chi connectivity index (χ4n) is 3.19. The standard InChI is InChI=1S/C17H20N4O2.2ClH/c22-17(20-8-6-18-7-9-20)16-14-11-23-15(10-21(14)12-19-16)13-4-2-1-3-5-13;;/h1-5,12,15,18H,6-11H2;2*1H. The number of benzene rings is 1. The lowest BCUT2D eigenvalue weighted by Gasteiger charge is -2.28. The van der Waals surface area contributed by atoms with Crippen LogP contribution in [0.15, 0.2) is 36.7 Å². The molecule has 0 saturated carbocycles. The summed E-state index contributed by atoms with van der Waals surface area (Å²) in [5.41, 5.74) is 2.58. The van der Waals surface area contributed by atoms with Crippen LogP contribution in [0.4, 0.5) is 0 Å². The molecule has 2 aliphatic rings. The quantitative estimate of drug-likeness (QED) is 0.860. The average molecular weight is 385 g/mol. The zero-order chi connectivity index (χ0) is 15.6. The second-order valence-corrected chi connectivity index (χ2v) is 5.94. The van der Waals surface area contributed by atoms with Crippen molar-refractivity contribution in [1.29, 1.82) is 0 Å². The molecule has 3 heterocycles. The molecule has 1 amide bonds. The number of aromatic nitrogens is 2. The molecule has 2 aromatic rings. The van der Waals surface area contributed by atoms with Gasteiger partial charge in [0.25, 0.3) is 5.91 Å². The van der Waals surface area contributed by atoms with Crippen molar-refractivity contribution >= 4 is 30.7 Å². The highest BCUT2D eigenvalue weighted by atomic mass is 35.5. The minimum atomic E-state index is 0. The largest absolute Gasteiger partial charge is 0.365 e. The van der Waals surface area contributed by atoms with Crippen molar-refractivity contribution in [1.82, 2.24) is 19.8 Å². The molecule has 8 heteroatoms. The first-order valence-electron chi connectivity index (χ1n) is 8.03. The second-order valence-electron chi connectivity index (χ2n) is 5.94. The van der Waals surface area contributed by atoms with Gasteiger partial charge >= 0.3 is 0 Å². The third-order valence-corrected chi connectivity index (χ3v) is 4.51. The molecule has 25 heavy (non-hydrogen) atoms. The Morgan fingerprint density at radius 3 is 2.60 bits per heavy atom. The summed E-state index contributed by atoms with van der Waals surface area (Å²) < 4.78 is 8.04. The van der Waals surface area contributed by atoms with Crippen LogP contribution in [0.5, 0.6) is 0 Å². The van der Waals surface area contributed by atoms with Gasteiger partial charge in [-0.05, 0) is 5.56 Å². The van der Waals surface area contributed by atoms with Crippen LogP contribution >= 0.6 is 24.8 Å². The van der Waals surface area contributed by atoms with Crippen molar-refractivity contribution in [3.05, 3.63) is 53.6 Å². The number of piperazine rings is 1. The molecule has 1 aromatic heterocycles. The van der Waals surface area contributed by atoms with Gasteiger partial charge in [-0.2, -0.15) is 0 Å². The molecule has 1 aromatic carbocycles. The SMILES string of the molecule is Cl.Cl.O=C(c1ncn2c1COC(c1ccccc1)C2)N1CCNCC1. The van der Waals surface area contributed by atoms with Crippen LogP contribution in [0.25, 0.3) is 0 Å². The molecule has 1 fully saturated rings. The lowest BCUT2D eigenvalue weighted by molar-refractivity contribution is 0.00232. The number of hydrogen-bond acceptors (Lipinski definition) is 4. The Hall–Kier alpha value is -1.60. The minimum Gasteiger partial charge on any atom is -0.365 e. The summed E-state index contributed by atoms with van der Waals surface area (Å²) in [6, 6.07) is 10.2. The Kier molecular flexibility index (Phi) is 6.84. The van der Waals surface area contributed by atoms with Gasteiger partial charge in [0.1, 0.15) is 6.10 Å². The van der Waals surface area contributed by atoms with E-state index in [-0.39, 0.29) is 36.8 Å². The molecule has 0 bridgehead atoms.